The first-order valence-corrected chi connectivity index (χ1v) is 6.23. The fraction of sp³-hybridized carbons (Fsp3) is 0.0667. The van der Waals surface area contributed by atoms with Crippen LogP contribution in [0.4, 0.5) is 4.39 Å². The number of aromatic amines is 1. The molecule has 0 aliphatic carbocycles. The average Bonchev–Trinajstić information content (AvgIpc) is 2.90. The molecular formula is C15H12FN2O3+. The van der Waals surface area contributed by atoms with Crippen molar-refractivity contribution < 1.29 is 18.3 Å². The maximum Gasteiger partial charge on any atom is 0.435 e. The fourth-order valence-corrected chi connectivity index (χ4v) is 2.04. The van der Waals surface area contributed by atoms with Crippen molar-refractivity contribution in [1.82, 2.24) is 5.27 Å². The van der Waals surface area contributed by atoms with E-state index in [2.05, 4.69) is 5.27 Å². The standard InChI is InChI=1S/C15H11FN2O3/c1-20-13-8-6-12(7-9-13)18-14(15(19)21-17-18)10-2-4-11(16)5-3-10/h2-9H,1H3/p+1. The summed E-state index contributed by atoms with van der Waals surface area (Å²) < 4.78 is 24.4. The van der Waals surface area contributed by atoms with Crippen molar-refractivity contribution >= 4 is 0 Å². The minimum Gasteiger partial charge on any atom is -0.497 e. The molecule has 1 aromatic heterocycles. The lowest BCUT2D eigenvalue weighted by atomic mass is 10.1. The normalized spacial score (nSPS) is 10.6. The van der Waals surface area contributed by atoms with Gasteiger partial charge in [0.2, 0.25) is 5.69 Å². The number of nitrogens with one attached hydrogen (secondary N) is 1. The Kier molecular flexibility index (Phi) is 3.27. The summed E-state index contributed by atoms with van der Waals surface area (Å²) in [5.74, 6) is 0.336. The van der Waals surface area contributed by atoms with Crippen molar-refractivity contribution in [3.63, 3.8) is 0 Å². The number of hydrogen-bond acceptors (Lipinski definition) is 3. The van der Waals surface area contributed by atoms with Crippen molar-refractivity contribution in [1.29, 1.82) is 0 Å². The molecule has 1 heterocycles. The van der Waals surface area contributed by atoms with Gasteiger partial charge in [-0.2, -0.15) is 0 Å². The Hall–Kier alpha value is -2.89. The summed E-state index contributed by atoms with van der Waals surface area (Å²) in [6, 6.07) is 12.7. The van der Waals surface area contributed by atoms with E-state index < -0.39 is 5.63 Å². The Balaban J connectivity index is 2.11. The number of halogens is 1. The molecule has 2 aromatic carbocycles. The molecular weight excluding hydrogens is 275 g/mol. The predicted molar refractivity (Wildman–Crippen MR) is 72.8 cm³/mol. The van der Waals surface area contributed by atoms with E-state index in [4.69, 9.17) is 9.26 Å². The van der Waals surface area contributed by atoms with Crippen molar-refractivity contribution in [2.75, 3.05) is 7.11 Å². The molecule has 21 heavy (non-hydrogen) atoms. The Bertz CT molecular complexity index is 804. The largest absolute Gasteiger partial charge is 0.497 e. The maximum absolute atomic E-state index is 13.0. The smallest absolute Gasteiger partial charge is 0.435 e. The van der Waals surface area contributed by atoms with Crippen LogP contribution in [0.5, 0.6) is 5.75 Å². The Morgan fingerprint density at radius 3 is 2.38 bits per heavy atom. The van der Waals surface area contributed by atoms with E-state index in [9.17, 15) is 9.18 Å². The van der Waals surface area contributed by atoms with Crippen LogP contribution in [0.15, 0.2) is 57.8 Å². The first kappa shape index (κ1) is 13.1. The molecule has 0 bridgehead atoms. The van der Waals surface area contributed by atoms with Crippen LogP contribution >= 0.6 is 0 Å². The minimum absolute atomic E-state index is 0.292. The molecule has 0 spiro atoms. The number of aromatic nitrogens is 2. The summed E-state index contributed by atoms with van der Waals surface area (Å²) in [6.45, 7) is 0. The van der Waals surface area contributed by atoms with Gasteiger partial charge >= 0.3 is 11.3 Å². The molecule has 0 aliphatic rings. The quantitative estimate of drug-likeness (QED) is 0.750. The van der Waals surface area contributed by atoms with Crippen LogP contribution in [0, 0.1) is 5.82 Å². The minimum atomic E-state index is -0.530. The number of H-pyrrole nitrogens is 1. The highest BCUT2D eigenvalue weighted by molar-refractivity contribution is 5.55. The molecule has 0 amide bonds. The van der Waals surface area contributed by atoms with Crippen molar-refractivity contribution in [2.24, 2.45) is 0 Å². The van der Waals surface area contributed by atoms with Gasteiger partial charge in [0.1, 0.15) is 11.6 Å². The third kappa shape index (κ3) is 2.43. The van der Waals surface area contributed by atoms with Gasteiger partial charge in [-0.25, -0.2) is 9.18 Å². The lowest BCUT2D eigenvalue weighted by Crippen LogP contribution is -2.36. The third-order valence-electron chi connectivity index (χ3n) is 3.09. The highest BCUT2D eigenvalue weighted by atomic mass is 19.1. The van der Waals surface area contributed by atoms with Crippen LogP contribution < -0.4 is 15.0 Å². The Morgan fingerprint density at radius 2 is 1.76 bits per heavy atom. The number of ether oxygens (including phenoxy) is 1. The molecule has 0 aliphatic heterocycles. The molecule has 6 heteroatoms. The molecule has 0 saturated carbocycles. The molecule has 0 fully saturated rings. The van der Waals surface area contributed by atoms with Crippen LogP contribution in [-0.2, 0) is 0 Å². The maximum atomic E-state index is 13.0. The van der Waals surface area contributed by atoms with Crippen LogP contribution in [0.3, 0.4) is 0 Å². The van der Waals surface area contributed by atoms with Crippen LogP contribution in [0.2, 0.25) is 0 Å². The average molecular weight is 287 g/mol. The molecule has 0 atom stereocenters. The number of hydrogen-bond donors (Lipinski definition) is 1. The van der Waals surface area contributed by atoms with Gasteiger partial charge in [0.25, 0.3) is 0 Å². The lowest BCUT2D eigenvalue weighted by molar-refractivity contribution is -0.660. The number of nitrogens with zero attached hydrogens (tertiary/aromatic N) is 1. The predicted octanol–water partition coefficient (Wildman–Crippen LogP) is 2.06. The number of benzene rings is 2. The van der Waals surface area contributed by atoms with E-state index in [1.807, 2.05) is 0 Å². The van der Waals surface area contributed by atoms with Gasteiger partial charge in [-0.15, -0.1) is 0 Å². The molecule has 3 rings (SSSR count). The van der Waals surface area contributed by atoms with Crippen molar-refractivity contribution in [3.8, 4) is 22.7 Å². The Morgan fingerprint density at radius 1 is 1.10 bits per heavy atom. The molecule has 5 nitrogen and oxygen atoms in total. The lowest BCUT2D eigenvalue weighted by Gasteiger charge is -1.98. The second kappa shape index (κ2) is 5.24. The number of rotatable bonds is 3. The van der Waals surface area contributed by atoms with Crippen LogP contribution in [0.25, 0.3) is 16.9 Å². The van der Waals surface area contributed by atoms with Crippen LogP contribution in [0.1, 0.15) is 0 Å². The first-order chi connectivity index (χ1) is 10.2. The summed E-state index contributed by atoms with van der Waals surface area (Å²) in [6.07, 6.45) is 0. The zero-order valence-electron chi connectivity index (χ0n) is 11.2. The van der Waals surface area contributed by atoms with Gasteiger partial charge in [0.05, 0.1) is 12.7 Å². The summed E-state index contributed by atoms with van der Waals surface area (Å²) in [5, 5.41) is 2.54. The molecule has 0 radical (unpaired) electrons. The number of methoxy groups -OCH3 is 1. The summed E-state index contributed by atoms with van der Waals surface area (Å²) in [7, 11) is 1.58. The third-order valence-corrected chi connectivity index (χ3v) is 3.09. The second-order valence-electron chi connectivity index (χ2n) is 4.37. The molecule has 3 aromatic rings. The highest BCUT2D eigenvalue weighted by Crippen LogP contribution is 2.15. The van der Waals surface area contributed by atoms with E-state index in [0.717, 1.165) is 0 Å². The molecule has 0 unspecified atom stereocenters. The van der Waals surface area contributed by atoms with E-state index in [-0.39, 0.29) is 5.82 Å². The molecule has 106 valence electrons. The zero-order chi connectivity index (χ0) is 14.8. The van der Waals surface area contributed by atoms with Gasteiger partial charge in [0.15, 0.2) is 0 Å². The fourth-order valence-electron chi connectivity index (χ4n) is 2.04. The summed E-state index contributed by atoms with van der Waals surface area (Å²) in [5.41, 5.74) is 1.01. The van der Waals surface area contributed by atoms with E-state index in [0.29, 0.717) is 22.7 Å². The Labute approximate surface area is 119 Å². The van der Waals surface area contributed by atoms with E-state index in [1.165, 1.54) is 28.9 Å². The summed E-state index contributed by atoms with van der Waals surface area (Å²) in [4.78, 5) is 11.9. The van der Waals surface area contributed by atoms with E-state index >= 15 is 0 Å². The monoisotopic (exact) mass is 287 g/mol. The first-order valence-electron chi connectivity index (χ1n) is 6.23. The van der Waals surface area contributed by atoms with Crippen molar-refractivity contribution in [2.45, 2.75) is 0 Å². The van der Waals surface area contributed by atoms with E-state index in [1.54, 1.807) is 31.4 Å². The molecule has 0 saturated heterocycles. The van der Waals surface area contributed by atoms with Gasteiger partial charge in [-0.1, -0.05) is 0 Å². The van der Waals surface area contributed by atoms with Crippen molar-refractivity contribution in [3.05, 3.63) is 64.8 Å². The van der Waals surface area contributed by atoms with Gasteiger partial charge in [-0.3, -0.25) is 4.52 Å². The molecule has 1 N–H and O–H groups in total. The van der Waals surface area contributed by atoms with Crippen LogP contribution in [-0.4, -0.2) is 12.4 Å². The van der Waals surface area contributed by atoms with Gasteiger partial charge < -0.3 is 4.74 Å². The summed E-state index contributed by atoms with van der Waals surface area (Å²) >= 11 is 0. The van der Waals surface area contributed by atoms with Gasteiger partial charge in [-0.05, 0) is 46.4 Å². The highest BCUT2D eigenvalue weighted by Gasteiger charge is 2.25. The topological polar surface area (TPSA) is 59.1 Å². The zero-order valence-corrected chi connectivity index (χ0v) is 11.2. The SMILES string of the molecule is COc1ccc(-[n+]2[nH]oc(=O)c2-c2ccc(F)cc2)cc1. The van der Waals surface area contributed by atoms with Gasteiger partial charge in [0, 0.05) is 12.1 Å². The second-order valence-corrected chi connectivity index (χ2v) is 4.37.